The average Bonchev–Trinajstić information content (AvgIpc) is 2.69. The molecule has 1 aromatic heterocycles. The van der Waals surface area contributed by atoms with Crippen molar-refractivity contribution in [1.82, 2.24) is 15.2 Å². The summed E-state index contributed by atoms with van der Waals surface area (Å²) in [6, 6.07) is 13.0. The molecule has 26 heavy (non-hydrogen) atoms. The van der Waals surface area contributed by atoms with Gasteiger partial charge < -0.3 is 15.0 Å². The molecule has 1 aromatic carbocycles. The quantitative estimate of drug-likeness (QED) is 0.691. The van der Waals surface area contributed by atoms with Crippen LogP contribution in [0.1, 0.15) is 43.7 Å². The first-order chi connectivity index (χ1) is 12.8. The average molecular weight is 354 g/mol. The van der Waals surface area contributed by atoms with Gasteiger partial charge in [-0.05, 0) is 58.0 Å². The number of hydrogen-bond donors (Lipinski definition) is 1. The Balaban J connectivity index is 1.40. The van der Waals surface area contributed by atoms with E-state index in [1.54, 1.807) is 6.20 Å². The molecule has 1 fully saturated rings. The molecule has 0 radical (unpaired) electrons. The highest BCUT2D eigenvalue weighted by atomic mass is 16.5. The lowest BCUT2D eigenvalue weighted by molar-refractivity contribution is 0.159. The van der Waals surface area contributed by atoms with Crippen molar-refractivity contribution >= 4 is 0 Å². The minimum Gasteiger partial charge on any atom is -0.489 e. The molecule has 1 atom stereocenters. The zero-order chi connectivity index (χ0) is 18.0. The third-order valence-corrected chi connectivity index (χ3v) is 5.14. The summed E-state index contributed by atoms with van der Waals surface area (Å²) in [5.74, 6) is 0.952. The molecule has 2 aromatic rings. The predicted octanol–water partition coefficient (Wildman–Crippen LogP) is 4.01. The lowest BCUT2D eigenvalue weighted by Gasteiger charge is -2.33. The maximum absolute atomic E-state index is 6.00. The van der Waals surface area contributed by atoms with Crippen molar-refractivity contribution in [2.75, 3.05) is 19.6 Å². The molecule has 0 aliphatic carbocycles. The van der Waals surface area contributed by atoms with Crippen LogP contribution < -0.4 is 10.1 Å². The molecule has 4 heteroatoms. The van der Waals surface area contributed by atoms with Crippen LogP contribution in [0, 0.1) is 0 Å². The first kappa shape index (κ1) is 18.9. The molecular weight excluding hydrogens is 322 g/mol. The maximum Gasteiger partial charge on any atom is 0.124 e. The van der Waals surface area contributed by atoms with Gasteiger partial charge in [0.1, 0.15) is 12.4 Å². The van der Waals surface area contributed by atoms with Gasteiger partial charge in [-0.2, -0.15) is 0 Å². The van der Waals surface area contributed by atoms with Crippen LogP contribution in [0.15, 0.2) is 48.8 Å². The Kier molecular flexibility index (Phi) is 7.47. The van der Waals surface area contributed by atoms with E-state index >= 15 is 0 Å². The molecule has 1 N–H and O–H groups in total. The first-order valence-electron chi connectivity index (χ1n) is 9.87. The van der Waals surface area contributed by atoms with Crippen LogP contribution in [0.5, 0.6) is 5.75 Å². The zero-order valence-corrected chi connectivity index (χ0v) is 15.9. The largest absolute Gasteiger partial charge is 0.489 e. The molecule has 0 amide bonds. The van der Waals surface area contributed by atoms with Crippen molar-refractivity contribution in [3.05, 3.63) is 59.9 Å². The van der Waals surface area contributed by atoms with E-state index in [1.807, 2.05) is 30.5 Å². The lowest BCUT2D eigenvalue weighted by atomic mass is 10.0. The van der Waals surface area contributed by atoms with Gasteiger partial charge in [0.25, 0.3) is 0 Å². The van der Waals surface area contributed by atoms with E-state index < -0.39 is 0 Å². The minimum atomic E-state index is 0.553. The van der Waals surface area contributed by atoms with Crippen LogP contribution in [0.25, 0.3) is 0 Å². The maximum atomic E-state index is 6.00. The van der Waals surface area contributed by atoms with Crippen LogP contribution in [0.2, 0.25) is 0 Å². The molecule has 1 aliphatic rings. The molecule has 0 saturated carbocycles. The highest BCUT2D eigenvalue weighted by molar-refractivity contribution is 5.33. The van der Waals surface area contributed by atoms with Gasteiger partial charge in [0.2, 0.25) is 0 Å². The van der Waals surface area contributed by atoms with Crippen LogP contribution in [-0.4, -0.2) is 35.6 Å². The zero-order valence-electron chi connectivity index (χ0n) is 15.9. The topological polar surface area (TPSA) is 37.4 Å². The van der Waals surface area contributed by atoms with Gasteiger partial charge in [-0.15, -0.1) is 0 Å². The van der Waals surface area contributed by atoms with E-state index in [1.165, 1.54) is 44.3 Å². The van der Waals surface area contributed by atoms with Gasteiger partial charge in [-0.1, -0.05) is 30.7 Å². The van der Waals surface area contributed by atoms with Gasteiger partial charge in [0.15, 0.2) is 0 Å². The standard InChI is InChI=1S/C22H31N3O/c1-19-8-4-5-14-25(19)15-7-13-24-17-21-10-2-3-11-22(21)26-18-20-9-6-12-23-16-20/h2-3,6,9-12,16,19,24H,4-5,7-8,13-15,17-18H2,1H3. The Morgan fingerprint density at radius 2 is 2.12 bits per heavy atom. The summed E-state index contributed by atoms with van der Waals surface area (Å²) in [7, 11) is 0. The van der Waals surface area contributed by atoms with Crippen molar-refractivity contribution in [2.45, 2.75) is 51.8 Å². The molecule has 1 aliphatic heterocycles. The Morgan fingerprint density at radius 3 is 2.96 bits per heavy atom. The van der Waals surface area contributed by atoms with E-state index in [0.29, 0.717) is 6.61 Å². The number of benzene rings is 1. The summed E-state index contributed by atoms with van der Waals surface area (Å²) in [5, 5.41) is 3.58. The first-order valence-corrected chi connectivity index (χ1v) is 9.87. The predicted molar refractivity (Wildman–Crippen MR) is 106 cm³/mol. The van der Waals surface area contributed by atoms with Crippen LogP contribution in [0.4, 0.5) is 0 Å². The number of piperidine rings is 1. The van der Waals surface area contributed by atoms with E-state index in [-0.39, 0.29) is 0 Å². The molecule has 3 rings (SSSR count). The molecule has 2 heterocycles. The third kappa shape index (κ3) is 5.82. The molecule has 4 nitrogen and oxygen atoms in total. The smallest absolute Gasteiger partial charge is 0.124 e. The SMILES string of the molecule is CC1CCCCN1CCCNCc1ccccc1OCc1cccnc1. The summed E-state index contributed by atoms with van der Waals surface area (Å²) < 4.78 is 6.00. The van der Waals surface area contributed by atoms with Crippen molar-refractivity contribution in [3.8, 4) is 5.75 Å². The van der Waals surface area contributed by atoms with Crippen LogP contribution >= 0.6 is 0 Å². The number of nitrogens with zero attached hydrogens (tertiary/aromatic N) is 2. The number of nitrogens with one attached hydrogen (secondary N) is 1. The van der Waals surface area contributed by atoms with Crippen molar-refractivity contribution < 1.29 is 4.74 Å². The van der Waals surface area contributed by atoms with Gasteiger partial charge in [0.05, 0.1) is 0 Å². The van der Waals surface area contributed by atoms with E-state index in [2.05, 4.69) is 34.3 Å². The van der Waals surface area contributed by atoms with Crippen LogP contribution in [-0.2, 0) is 13.2 Å². The Hall–Kier alpha value is -1.91. The summed E-state index contributed by atoms with van der Waals surface area (Å²) >= 11 is 0. The summed E-state index contributed by atoms with van der Waals surface area (Å²) in [5.41, 5.74) is 2.30. The normalized spacial score (nSPS) is 18.0. The van der Waals surface area contributed by atoms with E-state index in [0.717, 1.165) is 30.4 Å². The minimum absolute atomic E-state index is 0.553. The number of hydrogen-bond acceptors (Lipinski definition) is 4. The van der Waals surface area contributed by atoms with Crippen molar-refractivity contribution in [1.29, 1.82) is 0 Å². The fourth-order valence-corrected chi connectivity index (χ4v) is 3.56. The van der Waals surface area contributed by atoms with Crippen molar-refractivity contribution in [2.24, 2.45) is 0 Å². The molecule has 1 unspecified atom stereocenters. The molecule has 0 spiro atoms. The summed E-state index contributed by atoms with van der Waals surface area (Å²) in [6.07, 6.45) is 8.94. The molecule has 0 bridgehead atoms. The second-order valence-electron chi connectivity index (χ2n) is 7.17. The van der Waals surface area contributed by atoms with Gasteiger partial charge in [-0.3, -0.25) is 4.98 Å². The number of para-hydroxylation sites is 1. The van der Waals surface area contributed by atoms with Gasteiger partial charge in [-0.25, -0.2) is 0 Å². The molecular formula is C22H31N3O. The Morgan fingerprint density at radius 1 is 1.19 bits per heavy atom. The molecule has 1 saturated heterocycles. The van der Waals surface area contributed by atoms with Gasteiger partial charge >= 0.3 is 0 Å². The molecule has 140 valence electrons. The second kappa shape index (κ2) is 10.3. The highest BCUT2D eigenvalue weighted by Gasteiger charge is 2.16. The third-order valence-electron chi connectivity index (χ3n) is 5.14. The lowest BCUT2D eigenvalue weighted by Crippen LogP contribution is -2.38. The number of rotatable bonds is 9. The van der Waals surface area contributed by atoms with Crippen LogP contribution in [0.3, 0.4) is 0 Å². The van der Waals surface area contributed by atoms with E-state index in [9.17, 15) is 0 Å². The Labute approximate surface area is 157 Å². The van der Waals surface area contributed by atoms with Gasteiger partial charge in [0, 0.05) is 36.1 Å². The summed E-state index contributed by atoms with van der Waals surface area (Å²) in [4.78, 5) is 6.77. The summed E-state index contributed by atoms with van der Waals surface area (Å²) in [6.45, 7) is 7.28. The number of likely N-dealkylation sites (tertiary alicyclic amines) is 1. The second-order valence-corrected chi connectivity index (χ2v) is 7.17. The number of ether oxygens (including phenoxy) is 1. The fourth-order valence-electron chi connectivity index (χ4n) is 3.56. The Bertz CT molecular complexity index is 647. The van der Waals surface area contributed by atoms with Crippen molar-refractivity contribution in [3.63, 3.8) is 0 Å². The number of aromatic nitrogens is 1. The number of pyridine rings is 1. The monoisotopic (exact) mass is 353 g/mol. The highest BCUT2D eigenvalue weighted by Crippen LogP contribution is 2.19. The fraction of sp³-hybridized carbons (Fsp3) is 0.500. The van der Waals surface area contributed by atoms with E-state index in [4.69, 9.17) is 4.74 Å².